The number of aryl methyl sites for hydroxylation is 1. The van der Waals surface area contributed by atoms with E-state index in [-0.39, 0.29) is 11.9 Å². The Morgan fingerprint density at radius 1 is 1.55 bits per heavy atom. The Labute approximate surface area is 124 Å². The van der Waals surface area contributed by atoms with E-state index in [0.717, 1.165) is 23.7 Å². The summed E-state index contributed by atoms with van der Waals surface area (Å²) in [5, 5.41) is 9.89. The molecule has 0 unspecified atom stereocenters. The van der Waals surface area contributed by atoms with E-state index in [9.17, 15) is 9.90 Å². The smallest absolute Gasteiger partial charge is 0.266 e. The molecule has 2 heterocycles. The molecule has 5 nitrogen and oxygen atoms in total. The topological polar surface area (TPSA) is 56.7 Å². The van der Waals surface area contributed by atoms with E-state index in [4.69, 9.17) is 0 Å². The van der Waals surface area contributed by atoms with Gasteiger partial charge in [-0.1, -0.05) is 0 Å². The Hall–Kier alpha value is -0.980. The molecule has 112 valence electrons. The number of nitrogens with zero attached hydrogens (tertiary/aromatic N) is 3. The minimum atomic E-state index is -0.694. The SMILES string of the molecule is Cc1ncsc1C(=O)N1CCN(CC(C)(C)O)C[C@H]1C. The van der Waals surface area contributed by atoms with Gasteiger partial charge in [-0.15, -0.1) is 11.3 Å². The fraction of sp³-hybridized carbons (Fsp3) is 0.714. The van der Waals surface area contributed by atoms with E-state index < -0.39 is 5.60 Å². The molecule has 2 rings (SSSR count). The first-order chi connectivity index (χ1) is 9.28. The van der Waals surface area contributed by atoms with Gasteiger partial charge in [-0.2, -0.15) is 0 Å². The maximum atomic E-state index is 12.5. The first-order valence-electron chi connectivity index (χ1n) is 6.94. The summed E-state index contributed by atoms with van der Waals surface area (Å²) in [6, 6.07) is 0.153. The molecule has 1 amide bonds. The number of hydrogen-bond acceptors (Lipinski definition) is 5. The van der Waals surface area contributed by atoms with Crippen LogP contribution in [-0.4, -0.2) is 63.6 Å². The molecule has 1 aliphatic heterocycles. The fourth-order valence-corrected chi connectivity index (χ4v) is 3.42. The second-order valence-corrected chi connectivity index (χ2v) is 7.02. The number of amides is 1. The average Bonchev–Trinajstić information content (AvgIpc) is 2.72. The predicted molar refractivity (Wildman–Crippen MR) is 80.1 cm³/mol. The molecule has 0 aromatic carbocycles. The highest BCUT2D eigenvalue weighted by Gasteiger charge is 2.31. The van der Waals surface area contributed by atoms with Gasteiger partial charge in [0.15, 0.2) is 0 Å². The van der Waals surface area contributed by atoms with Gasteiger partial charge < -0.3 is 10.0 Å². The standard InChI is InChI=1S/C14H23N3O2S/c1-10-7-16(8-14(3,4)19)5-6-17(10)13(18)12-11(2)15-9-20-12/h9-10,19H,5-8H2,1-4H3/t10-/m1/s1. The van der Waals surface area contributed by atoms with Gasteiger partial charge in [0.2, 0.25) is 0 Å². The van der Waals surface area contributed by atoms with Crippen LogP contribution in [0.15, 0.2) is 5.51 Å². The van der Waals surface area contributed by atoms with Gasteiger partial charge in [0, 0.05) is 32.2 Å². The number of carbonyl (C=O) groups excluding carboxylic acids is 1. The summed E-state index contributed by atoms with van der Waals surface area (Å²) in [6.45, 7) is 10.5. The third-order valence-corrected chi connectivity index (χ3v) is 4.44. The van der Waals surface area contributed by atoms with Crippen LogP contribution in [0.25, 0.3) is 0 Å². The molecule has 1 fully saturated rings. The molecule has 1 saturated heterocycles. The van der Waals surface area contributed by atoms with Gasteiger partial charge in [0.25, 0.3) is 5.91 Å². The van der Waals surface area contributed by atoms with Gasteiger partial charge in [-0.3, -0.25) is 9.69 Å². The van der Waals surface area contributed by atoms with E-state index in [1.165, 1.54) is 11.3 Å². The number of piperazine rings is 1. The molecule has 1 atom stereocenters. The van der Waals surface area contributed by atoms with Crippen LogP contribution in [0, 0.1) is 6.92 Å². The van der Waals surface area contributed by atoms with Gasteiger partial charge in [0.1, 0.15) is 4.88 Å². The van der Waals surface area contributed by atoms with Crippen LogP contribution in [0.3, 0.4) is 0 Å². The van der Waals surface area contributed by atoms with Crippen molar-refractivity contribution in [2.75, 3.05) is 26.2 Å². The molecule has 6 heteroatoms. The van der Waals surface area contributed by atoms with Crippen LogP contribution in [0.5, 0.6) is 0 Å². The van der Waals surface area contributed by atoms with Crippen molar-refractivity contribution in [2.45, 2.75) is 39.3 Å². The predicted octanol–water partition coefficient (Wildman–Crippen LogP) is 1.37. The van der Waals surface area contributed by atoms with Crippen LogP contribution < -0.4 is 0 Å². The zero-order valence-electron chi connectivity index (χ0n) is 12.6. The second-order valence-electron chi connectivity index (χ2n) is 6.16. The van der Waals surface area contributed by atoms with Crippen LogP contribution >= 0.6 is 11.3 Å². The minimum absolute atomic E-state index is 0.0837. The molecule has 1 aliphatic rings. The number of hydrogen-bond donors (Lipinski definition) is 1. The summed E-state index contributed by atoms with van der Waals surface area (Å²) in [4.78, 5) is 21.5. The summed E-state index contributed by atoms with van der Waals surface area (Å²) < 4.78 is 0. The average molecular weight is 297 g/mol. The minimum Gasteiger partial charge on any atom is -0.389 e. The molecule has 0 radical (unpaired) electrons. The second kappa shape index (κ2) is 5.79. The van der Waals surface area contributed by atoms with Crippen molar-refractivity contribution in [3.05, 3.63) is 16.1 Å². The lowest BCUT2D eigenvalue weighted by Crippen LogP contribution is -2.56. The summed E-state index contributed by atoms with van der Waals surface area (Å²) >= 11 is 1.41. The first kappa shape index (κ1) is 15.4. The zero-order valence-corrected chi connectivity index (χ0v) is 13.4. The highest BCUT2D eigenvalue weighted by molar-refractivity contribution is 7.11. The van der Waals surface area contributed by atoms with Crippen molar-refractivity contribution in [3.8, 4) is 0 Å². The molecule has 1 N–H and O–H groups in total. The number of rotatable bonds is 3. The van der Waals surface area contributed by atoms with Gasteiger partial charge in [0.05, 0.1) is 16.8 Å². The van der Waals surface area contributed by atoms with Crippen molar-refractivity contribution in [3.63, 3.8) is 0 Å². The molecular weight excluding hydrogens is 274 g/mol. The number of thiazole rings is 1. The molecule has 1 aromatic rings. The lowest BCUT2D eigenvalue weighted by molar-refractivity contribution is 0.00590. The van der Waals surface area contributed by atoms with Crippen molar-refractivity contribution >= 4 is 17.2 Å². The summed E-state index contributed by atoms with van der Waals surface area (Å²) in [6.07, 6.45) is 0. The molecule has 0 aliphatic carbocycles. The largest absolute Gasteiger partial charge is 0.389 e. The highest BCUT2D eigenvalue weighted by Crippen LogP contribution is 2.20. The summed E-state index contributed by atoms with van der Waals surface area (Å²) in [7, 11) is 0. The molecule has 0 spiro atoms. The monoisotopic (exact) mass is 297 g/mol. The van der Waals surface area contributed by atoms with E-state index in [0.29, 0.717) is 13.1 Å². The van der Waals surface area contributed by atoms with Gasteiger partial charge in [-0.05, 0) is 27.7 Å². The number of aromatic nitrogens is 1. The zero-order chi connectivity index (χ0) is 14.9. The Bertz CT molecular complexity index is 481. The van der Waals surface area contributed by atoms with E-state index >= 15 is 0 Å². The van der Waals surface area contributed by atoms with Crippen LogP contribution in [-0.2, 0) is 0 Å². The molecule has 1 aromatic heterocycles. The lowest BCUT2D eigenvalue weighted by atomic mass is 10.1. The van der Waals surface area contributed by atoms with Crippen LogP contribution in [0.4, 0.5) is 0 Å². The van der Waals surface area contributed by atoms with Crippen molar-refractivity contribution in [1.29, 1.82) is 0 Å². The summed E-state index contributed by atoms with van der Waals surface area (Å²) in [5.41, 5.74) is 1.84. The highest BCUT2D eigenvalue weighted by atomic mass is 32.1. The van der Waals surface area contributed by atoms with Crippen LogP contribution in [0.2, 0.25) is 0 Å². The molecule has 0 saturated carbocycles. The Kier molecular flexibility index (Phi) is 4.46. The van der Waals surface area contributed by atoms with E-state index in [2.05, 4.69) is 16.8 Å². The molecule has 20 heavy (non-hydrogen) atoms. The van der Waals surface area contributed by atoms with Crippen molar-refractivity contribution in [1.82, 2.24) is 14.8 Å². The number of β-amino-alcohol motifs (C(OH)–C–C–N with tert-alkyl or cyclic N) is 1. The Morgan fingerprint density at radius 2 is 2.25 bits per heavy atom. The molecule has 0 bridgehead atoms. The number of aliphatic hydroxyl groups is 1. The Balaban J connectivity index is 2.00. The maximum absolute atomic E-state index is 12.5. The van der Waals surface area contributed by atoms with Crippen LogP contribution in [0.1, 0.15) is 36.1 Å². The fourth-order valence-electron chi connectivity index (χ4n) is 2.66. The third-order valence-electron chi connectivity index (χ3n) is 3.52. The van der Waals surface area contributed by atoms with Crippen molar-refractivity contribution in [2.24, 2.45) is 0 Å². The third kappa shape index (κ3) is 3.56. The maximum Gasteiger partial charge on any atom is 0.266 e. The summed E-state index contributed by atoms with van der Waals surface area (Å²) in [5.74, 6) is 0.0837. The van der Waals surface area contributed by atoms with E-state index in [1.807, 2.05) is 25.7 Å². The quantitative estimate of drug-likeness (QED) is 0.915. The Morgan fingerprint density at radius 3 is 2.75 bits per heavy atom. The lowest BCUT2D eigenvalue weighted by Gasteiger charge is -2.41. The van der Waals surface area contributed by atoms with Crippen molar-refractivity contribution < 1.29 is 9.90 Å². The first-order valence-corrected chi connectivity index (χ1v) is 7.81. The van der Waals surface area contributed by atoms with Gasteiger partial charge >= 0.3 is 0 Å². The molecular formula is C14H23N3O2S. The van der Waals surface area contributed by atoms with E-state index in [1.54, 1.807) is 5.51 Å². The number of carbonyl (C=O) groups is 1. The van der Waals surface area contributed by atoms with Gasteiger partial charge in [-0.25, -0.2) is 4.98 Å². The normalized spacial score (nSPS) is 21.2.